The Morgan fingerprint density at radius 3 is 2.33 bits per heavy atom. The molecular formula is C26H22Cl2N4O5S2. The molecule has 1 saturated heterocycles. The summed E-state index contributed by atoms with van der Waals surface area (Å²) >= 11 is 14.0. The van der Waals surface area contributed by atoms with Crippen LogP contribution in [0.15, 0.2) is 65.6 Å². The number of nitrogens with one attached hydrogen (secondary N) is 1. The second-order valence-electron chi connectivity index (χ2n) is 8.95. The van der Waals surface area contributed by atoms with Crippen LogP contribution in [0.1, 0.15) is 15.2 Å². The van der Waals surface area contributed by atoms with E-state index in [1.54, 1.807) is 48.5 Å². The van der Waals surface area contributed by atoms with Crippen LogP contribution in [-0.4, -0.2) is 49.7 Å². The van der Waals surface area contributed by atoms with Gasteiger partial charge in [-0.15, -0.1) is 11.3 Å². The van der Waals surface area contributed by atoms with Gasteiger partial charge in [-0.05, 0) is 31.2 Å². The molecule has 0 atom stereocenters. The number of anilines is 2. The number of non-ortho nitro benzene ring substituents is 1. The summed E-state index contributed by atoms with van der Waals surface area (Å²) < 4.78 is 28.0. The molecule has 0 saturated carbocycles. The first-order valence-corrected chi connectivity index (χ1v) is 14.9. The Balaban J connectivity index is 1.38. The number of para-hydroxylation sites is 1. The third-order valence-corrected chi connectivity index (χ3v) is 10.4. The molecule has 13 heteroatoms. The largest absolute Gasteiger partial charge is 0.366 e. The third kappa shape index (κ3) is 5.20. The summed E-state index contributed by atoms with van der Waals surface area (Å²) in [5.41, 5.74) is 1.83. The highest BCUT2D eigenvalue weighted by Crippen LogP contribution is 2.41. The topological polar surface area (TPSA) is 113 Å². The van der Waals surface area contributed by atoms with Crippen molar-refractivity contribution in [2.75, 3.05) is 36.4 Å². The van der Waals surface area contributed by atoms with Gasteiger partial charge in [0.05, 0.1) is 31.2 Å². The number of nitro benzene ring substituents is 1. The monoisotopic (exact) mass is 604 g/mol. The molecule has 1 fully saturated rings. The van der Waals surface area contributed by atoms with Crippen molar-refractivity contribution in [3.8, 4) is 0 Å². The third-order valence-electron chi connectivity index (χ3n) is 6.49. The fourth-order valence-electron chi connectivity index (χ4n) is 4.49. The van der Waals surface area contributed by atoms with Crippen LogP contribution in [0, 0.1) is 17.0 Å². The number of halogens is 2. The summed E-state index contributed by atoms with van der Waals surface area (Å²) in [6.07, 6.45) is 0. The average Bonchev–Trinajstić information content (AvgIpc) is 3.25. The highest BCUT2D eigenvalue weighted by molar-refractivity contribution is 7.89. The maximum Gasteiger partial charge on any atom is 0.287 e. The van der Waals surface area contributed by atoms with Gasteiger partial charge < -0.3 is 10.2 Å². The second-order valence-corrected chi connectivity index (χ2v) is 12.7. The molecule has 1 amide bonds. The molecule has 0 bridgehead atoms. The van der Waals surface area contributed by atoms with Gasteiger partial charge in [0.25, 0.3) is 11.6 Å². The van der Waals surface area contributed by atoms with Gasteiger partial charge >= 0.3 is 0 Å². The van der Waals surface area contributed by atoms with E-state index >= 15 is 0 Å². The SMILES string of the molecule is Cc1ccc(S(=O)(=O)N2CCN(c3c(Cl)cccc3NC(=O)c3sc4c([N+](=O)[O-])cccc4c3Cl)CC2)cc1. The predicted molar refractivity (Wildman–Crippen MR) is 155 cm³/mol. The first kappa shape index (κ1) is 27.4. The van der Waals surface area contributed by atoms with Crippen LogP contribution in [0.25, 0.3) is 10.1 Å². The number of aryl methyl sites for hydroxylation is 1. The summed E-state index contributed by atoms with van der Waals surface area (Å²) in [6.45, 7) is 3.08. The maximum absolute atomic E-state index is 13.3. The molecule has 5 rings (SSSR count). The first-order chi connectivity index (χ1) is 18.6. The molecule has 1 aliphatic rings. The number of amides is 1. The maximum atomic E-state index is 13.3. The van der Waals surface area contributed by atoms with Crippen LogP contribution in [0.3, 0.4) is 0 Å². The van der Waals surface area contributed by atoms with Gasteiger partial charge in [-0.1, -0.05) is 59.1 Å². The van der Waals surface area contributed by atoms with E-state index in [1.165, 1.54) is 16.4 Å². The molecule has 0 unspecified atom stereocenters. The van der Waals surface area contributed by atoms with Crippen LogP contribution in [0.4, 0.5) is 17.1 Å². The zero-order valence-corrected chi connectivity index (χ0v) is 23.7. The Bertz CT molecular complexity index is 1700. The fourth-order valence-corrected chi connectivity index (χ4v) is 7.70. The fraction of sp³-hybridized carbons (Fsp3) is 0.192. The number of hydrogen-bond acceptors (Lipinski definition) is 7. The molecule has 3 aromatic carbocycles. The number of nitro groups is 1. The highest BCUT2D eigenvalue weighted by atomic mass is 35.5. The molecule has 202 valence electrons. The lowest BCUT2D eigenvalue weighted by Gasteiger charge is -2.36. The van der Waals surface area contributed by atoms with Crippen LogP contribution < -0.4 is 10.2 Å². The standard InChI is InChI=1S/C26H22Cl2N4O5S2/c1-16-8-10-17(11-9-16)39(36,37)31-14-12-30(13-15-31)23-19(27)5-3-6-20(23)29-26(33)25-22(28)18-4-2-7-21(32(34)35)24(18)38-25/h2-11H,12-15H2,1H3,(H,29,33). The normalized spacial score (nSPS) is 14.5. The van der Waals surface area contributed by atoms with Crippen molar-refractivity contribution in [1.82, 2.24) is 4.31 Å². The summed E-state index contributed by atoms with van der Waals surface area (Å²) in [7, 11) is -3.64. The zero-order chi connectivity index (χ0) is 27.9. The highest BCUT2D eigenvalue weighted by Gasteiger charge is 2.30. The molecule has 4 aromatic rings. The van der Waals surface area contributed by atoms with Gasteiger partial charge in [0, 0.05) is 37.6 Å². The van der Waals surface area contributed by atoms with E-state index in [0.29, 0.717) is 39.6 Å². The number of sulfonamides is 1. The minimum absolute atomic E-state index is 0.125. The van der Waals surface area contributed by atoms with Crippen molar-refractivity contribution in [1.29, 1.82) is 0 Å². The quantitative estimate of drug-likeness (QED) is 0.207. The number of fused-ring (bicyclic) bond motifs is 1. The predicted octanol–water partition coefficient (Wildman–Crippen LogP) is 6.19. The Labute approximate surface area is 238 Å². The van der Waals surface area contributed by atoms with Crippen LogP contribution in [-0.2, 0) is 10.0 Å². The van der Waals surface area contributed by atoms with E-state index < -0.39 is 20.9 Å². The van der Waals surface area contributed by atoms with Gasteiger partial charge in [0.1, 0.15) is 9.58 Å². The molecular weight excluding hydrogens is 583 g/mol. The smallest absolute Gasteiger partial charge is 0.287 e. The van der Waals surface area contributed by atoms with Crippen molar-refractivity contribution in [3.05, 3.63) is 91.3 Å². The van der Waals surface area contributed by atoms with Crippen molar-refractivity contribution in [2.24, 2.45) is 0 Å². The van der Waals surface area contributed by atoms with Gasteiger partial charge in [0.15, 0.2) is 0 Å². The molecule has 0 spiro atoms. The van der Waals surface area contributed by atoms with E-state index in [-0.39, 0.29) is 33.6 Å². The molecule has 1 aromatic heterocycles. The molecule has 9 nitrogen and oxygen atoms in total. The summed E-state index contributed by atoms with van der Waals surface area (Å²) in [5.74, 6) is -0.528. The summed E-state index contributed by atoms with van der Waals surface area (Å²) in [5, 5.41) is 15.2. The zero-order valence-electron chi connectivity index (χ0n) is 20.6. The second kappa shape index (κ2) is 10.7. The Morgan fingerprint density at radius 2 is 1.67 bits per heavy atom. The molecule has 0 radical (unpaired) electrons. The minimum Gasteiger partial charge on any atom is -0.366 e. The molecule has 39 heavy (non-hydrogen) atoms. The van der Waals surface area contributed by atoms with E-state index in [0.717, 1.165) is 16.9 Å². The number of hydrogen-bond donors (Lipinski definition) is 1. The lowest BCUT2D eigenvalue weighted by molar-refractivity contribution is -0.382. The Morgan fingerprint density at radius 1 is 1.00 bits per heavy atom. The number of rotatable bonds is 6. The van der Waals surface area contributed by atoms with Gasteiger partial charge in [-0.3, -0.25) is 14.9 Å². The van der Waals surface area contributed by atoms with E-state index in [2.05, 4.69) is 5.32 Å². The minimum atomic E-state index is -3.64. The van der Waals surface area contributed by atoms with Gasteiger partial charge in [0.2, 0.25) is 10.0 Å². The van der Waals surface area contributed by atoms with Crippen LogP contribution in [0.5, 0.6) is 0 Å². The lowest BCUT2D eigenvalue weighted by atomic mass is 10.2. The Kier molecular flexibility index (Phi) is 7.53. The van der Waals surface area contributed by atoms with Crippen molar-refractivity contribution in [3.63, 3.8) is 0 Å². The average molecular weight is 606 g/mol. The number of thiophene rings is 1. The number of benzene rings is 3. The number of carbonyl (C=O) groups excluding carboxylic acids is 1. The van der Waals surface area contributed by atoms with Crippen LogP contribution >= 0.6 is 34.5 Å². The molecule has 0 aliphatic carbocycles. The first-order valence-electron chi connectivity index (χ1n) is 11.8. The molecule has 1 N–H and O–H groups in total. The lowest BCUT2D eigenvalue weighted by Crippen LogP contribution is -2.49. The van der Waals surface area contributed by atoms with Gasteiger partial charge in [-0.25, -0.2) is 8.42 Å². The summed E-state index contributed by atoms with van der Waals surface area (Å²) in [6, 6.07) is 16.3. The van der Waals surface area contributed by atoms with Gasteiger partial charge in [-0.2, -0.15) is 4.31 Å². The molecule has 2 heterocycles. The Hall–Kier alpha value is -3.22. The number of nitrogens with zero attached hydrogens (tertiary/aromatic N) is 3. The van der Waals surface area contributed by atoms with E-state index in [1.807, 2.05) is 11.8 Å². The van der Waals surface area contributed by atoms with Crippen molar-refractivity contribution in [2.45, 2.75) is 11.8 Å². The summed E-state index contributed by atoms with van der Waals surface area (Å²) in [4.78, 5) is 26.5. The van der Waals surface area contributed by atoms with Crippen LogP contribution in [0.2, 0.25) is 10.0 Å². The number of piperazine rings is 1. The van der Waals surface area contributed by atoms with Crippen molar-refractivity contribution >= 4 is 77.6 Å². The number of carbonyl (C=O) groups is 1. The van der Waals surface area contributed by atoms with E-state index in [4.69, 9.17) is 23.2 Å². The molecule has 1 aliphatic heterocycles. The van der Waals surface area contributed by atoms with Crippen molar-refractivity contribution < 1.29 is 18.1 Å². The van der Waals surface area contributed by atoms with E-state index in [9.17, 15) is 23.3 Å².